The first kappa shape index (κ1) is 8.27. The Labute approximate surface area is 69.5 Å². The van der Waals surface area contributed by atoms with Gasteiger partial charge >= 0.3 is 0 Å². The van der Waals surface area contributed by atoms with Crippen LogP contribution in [0.15, 0.2) is 17.5 Å². The second-order valence-corrected chi connectivity index (χ2v) is 3.54. The van der Waals surface area contributed by atoms with E-state index in [0.29, 0.717) is 6.42 Å². The van der Waals surface area contributed by atoms with Crippen LogP contribution in [0.3, 0.4) is 0 Å². The number of carboxylic acid groups (broad SMARTS) is 1. The lowest BCUT2D eigenvalue weighted by Crippen LogP contribution is -2.30. The molecule has 0 amide bonds. The molecule has 0 fully saturated rings. The minimum Gasteiger partial charge on any atom is -0.550 e. The molecule has 0 unspecified atom stereocenters. The van der Waals surface area contributed by atoms with Crippen LogP contribution in [0.2, 0.25) is 0 Å². The van der Waals surface area contributed by atoms with Crippen molar-refractivity contribution in [1.82, 2.24) is 0 Å². The summed E-state index contributed by atoms with van der Waals surface area (Å²) < 4.78 is 0. The summed E-state index contributed by atoms with van der Waals surface area (Å²) in [6.07, 6.45) is 0.583. The van der Waals surface area contributed by atoms with Gasteiger partial charge in [-0.15, -0.1) is 11.3 Å². The van der Waals surface area contributed by atoms with Gasteiger partial charge in [-0.2, -0.15) is 0 Å². The fraction of sp³-hybridized carbons (Fsp3) is 0.375. The minimum absolute atomic E-state index is 0.381. The molecule has 0 radical (unpaired) electrons. The SMILES string of the molecule is C[C@H](Cc1cccs1)C(=O)[O-]. The van der Waals surface area contributed by atoms with E-state index in [1.807, 2.05) is 17.5 Å². The Kier molecular flexibility index (Phi) is 2.65. The molecule has 1 aromatic heterocycles. The van der Waals surface area contributed by atoms with E-state index in [1.54, 1.807) is 18.3 Å². The Morgan fingerprint density at radius 3 is 3.00 bits per heavy atom. The molecule has 1 aromatic rings. The van der Waals surface area contributed by atoms with E-state index >= 15 is 0 Å². The van der Waals surface area contributed by atoms with E-state index in [9.17, 15) is 9.90 Å². The molecule has 0 aliphatic carbocycles. The Morgan fingerprint density at radius 2 is 2.55 bits per heavy atom. The van der Waals surface area contributed by atoms with E-state index in [2.05, 4.69) is 0 Å². The normalized spacial score (nSPS) is 12.8. The van der Waals surface area contributed by atoms with Crippen LogP contribution < -0.4 is 5.11 Å². The number of aliphatic carboxylic acids is 1. The Bertz CT molecular complexity index is 228. The summed E-state index contributed by atoms with van der Waals surface area (Å²) in [6.45, 7) is 1.66. The standard InChI is InChI=1S/C8H10O2S/c1-6(8(9)10)5-7-3-2-4-11-7/h2-4,6H,5H2,1H3,(H,9,10)/p-1/t6-/m1/s1. The molecule has 1 rings (SSSR count). The second kappa shape index (κ2) is 3.53. The first-order valence-corrected chi connectivity index (χ1v) is 4.31. The Morgan fingerprint density at radius 1 is 1.82 bits per heavy atom. The predicted molar refractivity (Wildman–Crippen MR) is 42.2 cm³/mol. The third-order valence-corrected chi connectivity index (χ3v) is 2.39. The van der Waals surface area contributed by atoms with Crippen LogP contribution in [0, 0.1) is 5.92 Å². The number of rotatable bonds is 3. The number of hydrogen-bond acceptors (Lipinski definition) is 3. The van der Waals surface area contributed by atoms with Crippen LogP contribution in [0.4, 0.5) is 0 Å². The van der Waals surface area contributed by atoms with Gasteiger partial charge in [0.05, 0.1) is 0 Å². The predicted octanol–water partition coefficient (Wildman–Crippen LogP) is 0.677. The van der Waals surface area contributed by atoms with E-state index in [0.717, 1.165) is 4.88 Å². The summed E-state index contributed by atoms with van der Waals surface area (Å²) in [4.78, 5) is 11.4. The largest absolute Gasteiger partial charge is 0.550 e. The van der Waals surface area contributed by atoms with Crippen LogP contribution in [0.1, 0.15) is 11.8 Å². The van der Waals surface area contributed by atoms with Gasteiger partial charge in [0.15, 0.2) is 0 Å². The molecule has 0 N–H and O–H groups in total. The number of carboxylic acids is 1. The molecule has 0 bridgehead atoms. The zero-order valence-corrected chi connectivity index (χ0v) is 7.06. The minimum atomic E-state index is -0.974. The molecule has 0 aliphatic rings. The number of hydrogen-bond donors (Lipinski definition) is 0. The number of carbonyl (C=O) groups excluding carboxylic acids is 1. The molecule has 0 spiro atoms. The van der Waals surface area contributed by atoms with E-state index < -0.39 is 5.97 Å². The zero-order chi connectivity index (χ0) is 8.27. The lowest BCUT2D eigenvalue weighted by atomic mass is 10.1. The number of carbonyl (C=O) groups is 1. The molecule has 2 nitrogen and oxygen atoms in total. The quantitative estimate of drug-likeness (QED) is 0.667. The third-order valence-electron chi connectivity index (χ3n) is 1.49. The molecule has 11 heavy (non-hydrogen) atoms. The Balaban J connectivity index is 2.50. The highest BCUT2D eigenvalue weighted by molar-refractivity contribution is 7.09. The van der Waals surface area contributed by atoms with Crippen molar-refractivity contribution in [1.29, 1.82) is 0 Å². The van der Waals surface area contributed by atoms with Crippen LogP contribution >= 0.6 is 11.3 Å². The summed E-state index contributed by atoms with van der Waals surface area (Å²) in [7, 11) is 0. The van der Waals surface area contributed by atoms with Gasteiger partial charge in [-0.3, -0.25) is 0 Å². The van der Waals surface area contributed by atoms with Gasteiger partial charge in [0.2, 0.25) is 0 Å². The van der Waals surface area contributed by atoms with Crippen molar-refractivity contribution in [3.05, 3.63) is 22.4 Å². The van der Waals surface area contributed by atoms with Crippen molar-refractivity contribution in [3.63, 3.8) is 0 Å². The topological polar surface area (TPSA) is 40.1 Å². The molecule has 0 aliphatic heterocycles. The van der Waals surface area contributed by atoms with E-state index in [4.69, 9.17) is 0 Å². The van der Waals surface area contributed by atoms with Crippen molar-refractivity contribution in [2.45, 2.75) is 13.3 Å². The maximum absolute atomic E-state index is 10.3. The highest BCUT2D eigenvalue weighted by atomic mass is 32.1. The monoisotopic (exact) mass is 169 g/mol. The summed E-state index contributed by atoms with van der Waals surface area (Å²) >= 11 is 1.58. The van der Waals surface area contributed by atoms with Gasteiger partial charge in [-0.25, -0.2) is 0 Å². The fourth-order valence-corrected chi connectivity index (χ4v) is 1.65. The maximum Gasteiger partial charge on any atom is 0.0446 e. The molecule has 1 heterocycles. The second-order valence-electron chi connectivity index (χ2n) is 2.50. The first-order valence-electron chi connectivity index (χ1n) is 3.43. The van der Waals surface area contributed by atoms with Crippen molar-refractivity contribution in [3.8, 4) is 0 Å². The molecule has 60 valence electrons. The van der Waals surface area contributed by atoms with Gasteiger partial charge < -0.3 is 9.90 Å². The highest BCUT2D eigenvalue weighted by Gasteiger charge is 2.03. The average molecular weight is 169 g/mol. The smallest absolute Gasteiger partial charge is 0.0446 e. The van der Waals surface area contributed by atoms with Gasteiger partial charge in [0.25, 0.3) is 0 Å². The molecular formula is C8H9O2S-. The maximum atomic E-state index is 10.3. The van der Waals surface area contributed by atoms with Crippen molar-refractivity contribution in [2.75, 3.05) is 0 Å². The highest BCUT2D eigenvalue weighted by Crippen LogP contribution is 2.13. The lowest BCUT2D eigenvalue weighted by Gasteiger charge is -2.09. The number of thiophene rings is 1. The zero-order valence-electron chi connectivity index (χ0n) is 6.24. The van der Waals surface area contributed by atoms with Crippen molar-refractivity contribution in [2.24, 2.45) is 5.92 Å². The van der Waals surface area contributed by atoms with Gasteiger partial charge in [0.1, 0.15) is 0 Å². The summed E-state index contributed by atoms with van der Waals surface area (Å²) in [5.41, 5.74) is 0. The van der Waals surface area contributed by atoms with E-state index in [1.165, 1.54) is 0 Å². The van der Waals surface area contributed by atoms with Crippen LogP contribution in [0.5, 0.6) is 0 Å². The molecular weight excluding hydrogens is 160 g/mol. The molecule has 3 heteroatoms. The van der Waals surface area contributed by atoms with Gasteiger partial charge in [-0.05, 0) is 17.9 Å². The summed E-state index contributed by atoms with van der Waals surface area (Å²) in [5.74, 6) is -1.35. The lowest BCUT2D eigenvalue weighted by molar-refractivity contribution is -0.310. The average Bonchev–Trinajstić information content (AvgIpc) is 2.39. The molecule has 0 aromatic carbocycles. The third kappa shape index (κ3) is 2.35. The van der Waals surface area contributed by atoms with Crippen molar-refractivity contribution < 1.29 is 9.90 Å². The summed E-state index contributed by atoms with van der Waals surface area (Å²) in [6, 6.07) is 3.85. The Hall–Kier alpha value is -0.830. The molecule has 0 saturated heterocycles. The van der Waals surface area contributed by atoms with Gasteiger partial charge in [0, 0.05) is 16.8 Å². The van der Waals surface area contributed by atoms with E-state index in [-0.39, 0.29) is 5.92 Å². The van der Waals surface area contributed by atoms with Crippen molar-refractivity contribution >= 4 is 17.3 Å². The van der Waals surface area contributed by atoms with Crippen LogP contribution in [-0.4, -0.2) is 5.97 Å². The summed E-state index contributed by atoms with van der Waals surface area (Å²) in [5, 5.41) is 12.3. The fourth-order valence-electron chi connectivity index (χ4n) is 0.814. The van der Waals surface area contributed by atoms with Crippen LogP contribution in [0.25, 0.3) is 0 Å². The van der Waals surface area contributed by atoms with Gasteiger partial charge in [-0.1, -0.05) is 13.0 Å². The molecule has 1 atom stereocenters. The van der Waals surface area contributed by atoms with Crippen LogP contribution in [-0.2, 0) is 11.2 Å². The first-order chi connectivity index (χ1) is 5.20. The molecule has 0 saturated carbocycles.